The molecule has 11 heteroatoms. The number of carbonyl (C=O) groups excluding carboxylic acids is 1. The van der Waals surface area contributed by atoms with E-state index in [0.29, 0.717) is 19.8 Å². The Morgan fingerprint density at radius 2 is 2.00 bits per heavy atom. The zero-order valence-corrected chi connectivity index (χ0v) is 16.6. The first-order chi connectivity index (χ1) is 12.9. The maximum Gasteiger partial charge on any atom is 0.272 e. The van der Waals surface area contributed by atoms with Gasteiger partial charge in [-0.05, 0) is 36.8 Å². The normalized spacial score (nSPS) is 15.2. The van der Waals surface area contributed by atoms with Gasteiger partial charge >= 0.3 is 0 Å². The van der Waals surface area contributed by atoms with E-state index < -0.39 is 27.3 Å². The summed E-state index contributed by atoms with van der Waals surface area (Å²) in [4.78, 5) is 12.1. The minimum absolute atomic E-state index is 0.153. The number of nitrogens with zero attached hydrogens (tertiary/aromatic N) is 1. The minimum atomic E-state index is -3.83. The summed E-state index contributed by atoms with van der Waals surface area (Å²) in [5, 5.41) is 3.07. The summed E-state index contributed by atoms with van der Waals surface area (Å²) in [6.45, 7) is 3.67. The van der Waals surface area contributed by atoms with Crippen molar-refractivity contribution in [1.82, 2.24) is 20.5 Å². The Morgan fingerprint density at radius 3 is 2.67 bits per heavy atom. The van der Waals surface area contributed by atoms with Crippen molar-refractivity contribution in [3.05, 3.63) is 29.6 Å². The van der Waals surface area contributed by atoms with Gasteiger partial charge in [-0.3, -0.25) is 15.6 Å². The lowest BCUT2D eigenvalue weighted by Crippen LogP contribution is -2.47. The largest absolute Gasteiger partial charge is 0.379 e. The van der Waals surface area contributed by atoms with Crippen LogP contribution in [0.4, 0.5) is 4.39 Å². The van der Waals surface area contributed by atoms with E-state index >= 15 is 0 Å². The molecule has 0 aromatic heterocycles. The number of carbonyl (C=O) groups is 1. The molecule has 0 spiro atoms. The summed E-state index contributed by atoms with van der Waals surface area (Å²) in [5.74, 6) is -1.66. The van der Waals surface area contributed by atoms with Crippen molar-refractivity contribution in [1.29, 1.82) is 0 Å². The van der Waals surface area contributed by atoms with Crippen molar-refractivity contribution in [3.63, 3.8) is 0 Å². The average Bonchev–Trinajstić information content (AvgIpc) is 2.67. The average molecular weight is 419 g/mol. The summed E-state index contributed by atoms with van der Waals surface area (Å²) in [6.07, 6.45) is 1.89. The smallest absolute Gasteiger partial charge is 0.272 e. The van der Waals surface area contributed by atoms with Crippen LogP contribution < -0.4 is 16.2 Å². The molecule has 1 heterocycles. The topological polar surface area (TPSA) is 99.8 Å². The van der Waals surface area contributed by atoms with Crippen LogP contribution in [-0.4, -0.2) is 56.6 Å². The van der Waals surface area contributed by atoms with Crippen LogP contribution in [0.15, 0.2) is 23.1 Å². The molecule has 1 aliphatic rings. The van der Waals surface area contributed by atoms with Crippen LogP contribution in [0.25, 0.3) is 0 Å². The molecule has 1 aliphatic heterocycles. The van der Waals surface area contributed by atoms with Crippen LogP contribution in [0.5, 0.6) is 0 Å². The third-order valence-electron chi connectivity index (χ3n) is 3.90. The lowest BCUT2D eigenvalue weighted by atomic mass is 10.2. The van der Waals surface area contributed by atoms with E-state index in [9.17, 15) is 17.6 Å². The monoisotopic (exact) mass is 418 g/mol. The fourth-order valence-corrected chi connectivity index (χ4v) is 3.97. The molecule has 0 atom stereocenters. The second-order valence-corrected chi connectivity index (χ2v) is 8.19. The number of benzene rings is 1. The Bertz CT molecular complexity index is 783. The van der Waals surface area contributed by atoms with Gasteiger partial charge in [-0.2, -0.15) is 4.31 Å². The first-order valence-electron chi connectivity index (χ1n) is 8.58. The molecule has 0 aliphatic carbocycles. The molecule has 8 nitrogen and oxygen atoms in total. The number of morpholine rings is 1. The Balaban J connectivity index is 2.07. The Labute approximate surface area is 163 Å². The number of ether oxygens (including phenoxy) is 1. The molecule has 1 aromatic rings. The maximum absolute atomic E-state index is 14.1. The quantitative estimate of drug-likeness (QED) is 0.356. The second kappa shape index (κ2) is 9.93. The molecule has 1 saturated heterocycles. The number of rotatable bonds is 6. The number of amides is 1. The third-order valence-corrected chi connectivity index (χ3v) is 6.04. The molecule has 27 heavy (non-hydrogen) atoms. The van der Waals surface area contributed by atoms with E-state index in [0.717, 1.165) is 31.0 Å². The molecular formula is C16H23FN4O4S2. The fourth-order valence-electron chi connectivity index (χ4n) is 2.38. The van der Waals surface area contributed by atoms with Crippen molar-refractivity contribution in [3.8, 4) is 0 Å². The van der Waals surface area contributed by atoms with Crippen molar-refractivity contribution in [2.45, 2.75) is 24.7 Å². The molecule has 0 unspecified atom stereocenters. The predicted molar refractivity (Wildman–Crippen MR) is 102 cm³/mol. The van der Waals surface area contributed by atoms with E-state index in [-0.39, 0.29) is 23.1 Å². The predicted octanol–water partition coefficient (Wildman–Crippen LogP) is 0.756. The van der Waals surface area contributed by atoms with Crippen molar-refractivity contribution >= 4 is 33.3 Å². The van der Waals surface area contributed by atoms with Crippen molar-refractivity contribution in [2.75, 3.05) is 32.8 Å². The van der Waals surface area contributed by atoms with E-state index in [1.54, 1.807) is 0 Å². The Morgan fingerprint density at radius 1 is 1.30 bits per heavy atom. The number of hydrogen-bond donors (Lipinski definition) is 3. The number of hydrazine groups is 1. The zero-order valence-electron chi connectivity index (χ0n) is 15.0. The highest BCUT2D eigenvalue weighted by molar-refractivity contribution is 7.89. The number of thiocarbonyl (C=S) groups is 1. The van der Waals surface area contributed by atoms with Gasteiger partial charge < -0.3 is 10.1 Å². The summed E-state index contributed by atoms with van der Waals surface area (Å²) in [6, 6.07) is 3.12. The minimum Gasteiger partial charge on any atom is -0.379 e. The number of halogens is 1. The molecule has 0 radical (unpaired) electrons. The number of sulfonamides is 1. The van der Waals surface area contributed by atoms with E-state index in [2.05, 4.69) is 16.2 Å². The molecule has 0 bridgehead atoms. The van der Waals surface area contributed by atoms with Gasteiger partial charge in [-0.15, -0.1) is 0 Å². The van der Waals surface area contributed by atoms with Crippen LogP contribution in [0.2, 0.25) is 0 Å². The number of hydrogen-bond acceptors (Lipinski definition) is 5. The molecule has 0 saturated carbocycles. The number of unbranched alkanes of at least 4 members (excludes halogenated alkanes) is 1. The Kier molecular flexibility index (Phi) is 7.90. The standard InChI is InChI=1S/C16H23FN4O4S2/c1-2-3-6-18-16(26)20-19-15(22)13-11-12(4-5-14(13)17)27(23,24)21-7-9-25-10-8-21/h4-5,11H,2-3,6-10H2,1H3,(H,19,22)(H2,18,20,26). The number of nitrogens with one attached hydrogen (secondary N) is 3. The maximum atomic E-state index is 14.1. The molecule has 2 rings (SSSR count). The fraction of sp³-hybridized carbons (Fsp3) is 0.500. The molecule has 1 amide bonds. The van der Waals surface area contributed by atoms with Crippen molar-refractivity contribution < 1.29 is 22.3 Å². The second-order valence-electron chi connectivity index (χ2n) is 5.85. The SMILES string of the molecule is CCCCNC(=S)NNC(=O)c1cc(S(=O)(=O)N2CCOCC2)ccc1F. The van der Waals surface area contributed by atoms with E-state index in [4.69, 9.17) is 17.0 Å². The molecular weight excluding hydrogens is 395 g/mol. The molecule has 1 aromatic carbocycles. The lowest BCUT2D eigenvalue weighted by Gasteiger charge is -2.26. The molecule has 150 valence electrons. The summed E-state index contributed by atoms with van der Waals surface area (Å²) < 4.78 is 45.8. The van der Waals surface area contributed by atoms with E-state index in [1.165, 1.54) is 4.31 Å². The first-order valence-corrected chi connectivity index (χ1v) is 10.4. The van der Waals surface area contributed by atoms with Gasteiger partial charge in [0.25, 0.3) is 5.91 Å². The van der Waals surface area contributed by atoms with Crippen LogP contribution in [0.3, 0.4) is 0 Å². The van der Waals surface area contributed by atoms with Gasteiger partial charge in [0.2, 0.25) is 10.0 Å². The van der Waals surface area contributed by atoms with Crippen molar-refractivity contribution in [2.24, 2.45) is 0 Å². The summed E-state index contributed by atoms with van der Waals surface area (Å²) in [5.41, 5.74) is 4.33. The summed E-state index contributed by atoms with van der Waals surface area (Å²) >= 11 is 4.99. The lowest BCUT2D eigenvalue weighted by molar-refractivity contribution is 0.0730. The molecule has 1 fully saturated rings. The zero-order chi connectivity index (χ0) is 19.9. The van der Waals surface area contributed by atoms with Gasteiger partial charge in [-0.25, -0.2) is 12.8 Å². The summed E-state index contributed by atoms with van der Waals surface area (Å²) in [7, 11) is -3.83. The van der Waals surface area contributed by atoms with Gasteiger partial charge in [-0.1, -0.05) is 13.3 Å². The highest BCUT2D eigenvalue weighted by Crippen LogP contribution is 2.20. The first kappa shape index (κ1) is 21.5. The van der Waals surface area contributed by atoms with Crippen LogP contribution in [-0.2, 0) is 14.8 Å². The van der Waals surface area contributed by atoms with Gasteiger partial charge in [0, 0.05) is 19.6 Å². The third kappa shape index (κ3) is 5.83. The highest BCUT2D eigenvalue weighted by atomic mass is 32.2. The highest BCUT2D eigenvalue weighted by Gasteiger charge is 2.27. The van der Waals surface area contributed by atoms with Crippen LogP contribution in [0, 0.1) is 5.82 Å². The van der Waals surface area contributed by atoms with Gasteiger partial charge in [0.1, 0.15) is 5.82 Å². The van der Waals surface area contributed by atoms with Crippen LogP contribution in [0.1, 0.15) is 30.1 Å². The molecule has 3 N–H and O–H groups in total. The van der Waals surface area contributed by atoms with Gasteiger partial charge in [0.15, 0.2) is 5.11 Å². The Hall–Kier alpha value is -1.82. The van der Waals surface area contributed by atoms with E-state index in [1.807, 2.05) is 6.92 Å². The van der Waals surface area contributed by atoms with Gasteiger partial charge in [0.05, 0.1) is 23.7 Å². The van der Waals surface area contributed by atoms with Crippen LogP contribution >= 0.6 is 12.2 Å².